The number of benzene rings is 2. The fourth-order valence-electron chi connectivity index (χ4n) is 3.20. The summed E-state index contributed by atoms with van der Waals surface area (Å²) in [5, 5.41) is 5.77. The third-order valence-electron chi connectivity index (χ3n) is 4.80. The van der Waals surface area contributed by atoms with Crippen molar-refractivity contribution >= 4 is 17.6 Å². The summed E-state index contributed by atoms with van der Waals surface area (Å²) < 4.78 is 12.9. The summed E-state index contributed by atoms with van der Waals surface area (Å²) in [5.74, 6) is -0.0151. The molecule has 3 amide bonds. The molecular weight excluding hydrogens is 345 g/mol. The fraction of sp³-hybridized carbons (Fsp3) is 0.333. The zero-order chi connectivity index (χ0) is 19.1. The lowest BCUT2D eigenvalue weighted by Gasteiger charge is -2.31. The van der Waals surface area contributed by atoms with Crippen LogP contribution in [0.15, 0.2) is 54.6 Å². The largest absolute Gasteiger partial charge is 0.352 e. The van der Waals surface area contributed by atoms with Crippen molar-refractivity contribution in [2.45, 2.75) is 25.8 Å². The normalized spacial score (nSPS) is 14.6. The number of carbonyl (C=O) groups is 2. The zero-order valence-electron chi connectivity index (χ0n) is 15.2. The highest BCUT2D eigenvalue weighted by atomic mass is 19.1. The van der Waals surface area contributed by atoms with E-state index in [1.54, 1.807) is 17.0 Å². The average Bonchev–Trinajstić information content (AvgIpc) is 2.69. The van der Waals surface area contributed by atoms with E-state index in [1.807, 2.05) is 30.3 Å². The Morgan fingerprint density at radius 2 is 1.67 bits per heavy atom. The SMILES string of the molecule is O=C(CC1CCN(C(=O)Nc2ccccc2)CC1)NCc1ccc(F)cc1. The standard InChI is InChI=1S/C21H24FN3O2/c22-18-8-6-17(7-9-18)15-23-20(26)14-16-10-12-25(13-11-16)21(27)24-19-4-2-1-3-5-19/h1-9,16H,10-15H2,(H,23,26)(H,24,27). The van der Waals surface area contributed by atoms with Crippen LogP contribution in [0.5, 0.6) is 0 Å². The van der Waals surface area contributed by atoms with Crippen molar-refractivity contribution in [2.75, 3.05) is 18.4 Å². The molecule has 6 heteroatoms. The van der Waals surface area contributed by atoms with Crippen LogP contribution in [0.4, 0.5) is 14.9 Å². The first-order valence-corrected chi connectivity index (χ1v) is 9.22. The van der Waals surface area contributed by atoms with Crippen LogP contribution in [0.2, 0.25) is 0 Å². The van der Waals surface area contributed by atoms with Gasteiger partial charge < -0.3 is 15.5 Å². The molecule has 3 rings (SSSR count). The van der Waals surface area contributed by atoms with E-state index in [0.29, 0.717) is 26.1 Å². The van der Waals surface area contributed by atoms with Gasteiger partial charge in [-0.05, 0) is 48.6 Å². The number of halogens is 1. The molecule has 1 heterocycles. The summed E-state index contributed by atoms with van der Waals surface area (Å²) in [7, 11) is 0. The van der Waals surface area contributed by atoms with E-state index < -0.39 is 0 Å². The number of anilines is 1. The summed E-state index contributed by atoms with van der Waals surface area (Å²) in [5.41, 5.74) is 1.65. The summed E-state index contributed by atoms with van der Waals surface area (Å²) in [4.78, 5) is 26.2. The van der Waals surface area contributed by atoms with Crippen molar-refractivity contribution in [3.63, 3.8) is 0 Å². The van der Waals surface area contributed by atoms with Crippen LogP contribution >= 0.6 is 0 Å². The van der Waals surface area contributed by atoms with Crippen molar-refractivity contribution in [3.05, 3.63) is 66.0 Å². The minimum Gasteiger partial charge on any atom is -0.352 e. The Hall–Kier alpha value is -2.89. The lowest BCUT2D eigenvalue weighted by molar-refractivity contribution is -0.122. The van der Waals surface area contributed by atoms with Gasteiger partial charge in [-0.2, -0.15) is 0 Å². The lowest BCUT2D eigenvalue weighted by atomic mass is 9.93. The molecule has 0 atom stereocenters. The monoisotopic (exact) mass is 369 g/mol. The highest BCUT2D eigenvalue weighted by Gasteiger charge is 2.24. The molecule has 0 radical (unpaired) electrons. The second kappa shape index (κ2) is 9.16. The van der Waals surface area contributed by atoms with Gasteiger partial charge in [0.15, 0.2) is 0 Å². The number of urea groups is 1. The number of hydrogen-bond donors (Lipinski definition) is 2. The Morgan fingerprint density at radius 1 is 1.00 bits per heavy atom. The van der Waals surface area contributed by atoms with Gasteiger partial charge in [-0.15, -0.1) is 0 Å². The quantitative estimate of drug-likeness (QED) is 0.843. The third kappa shape index (κ3) is 5.81. The smallest absolute Gasteiger partial charge is 0.321 e. The minimum atomic E-state index is -0.284. The van der Waals surface area contributed by atoms with Crippen molar-refractivity contribution < 1.29 is 14.0 Å². The first-order valence-electron chi connectivity index (χ1n) is 9.22. The maximum Gasteiger partial charge on any atom is 0.321 e. The number of nitrogens with one attached hydrogen (secondary N) is 2. The van der Waals surface area contributed by atoms with E-state index in [2.05, 4.69) is 10.6 Å². The predicted octanol–water partition coefficient (Wildman–Crippen LogP) is 3.78. The van der Waals surface area contributed by atoms with Crippen LogP contribution < -0.4 is 10.6 Å². The lowest BCUT2D eigenvalue weighted by Crippen LogP contribution is -2.41. The van der Waals surface area contributed by atoms with E-state index in [-0.39, 0.29) is 23.7 Å². The van der Waals surface area contributed by atoms with Gasteiger partial charge in [0.25, 0.3) is 0 Å². The first-order chi connectivity index (χ1) is 13.1. The molecule has 1 aliphatic rings. The summed E-state index contributed by atoms with van der Waals surface area (Å²) in [6, 6.07) is 15.4. The molecule has 0 aromatic heterocycles. The first kappa shape index (κ1) is 18.9. The van der Waals surface area contributed by atoms with Crippen molar-refractivity contribution in [2.24, 2.45) is 5.92 Å². The van der Waals surface area contributed by atoms with Gasteiger partial charge in [0, 0.05) is 31.7 Å². The Bertz CT molecular complexity index is 757. The second-order valence-electron chi connectivity index (χ2n) is 6.83. The van der Waals surface area contributed by atoms with Crippen molar-refractivity contribution in [1.29, 1.82) is 0 Å². The number of piperidine rings is 1. The second-order valence-corrected chi connectivity index (χ2v) is 6.83. The fourth-order valence-corrected chi connectivity index (χ4v) is 3.20. The minimum absolute atomic E-state index is 0.00786. The van der Waals surface area contributed by atoms with Crippen LogP contribution in [-0.4, -0.2) is 29.9 Å². The zero-order valence-corrected chi connectivity index (χ0v) is 15.2. The third-order valence-corrected chi connectivity index (χ3v) is 4.80. The van der Waals surface area contributed by atoms with E-state index in [9.17, 15) is 14.0 Å². The van der Waals surface area contributed by atoms with Crippen molar-refractivity contribution in [1.82, 2.24) is 10.2 Å². The number of amides is 3. The molecule has 5 nitrogen and oxygen atoms in total. The van der Waals surface area contributed by atoms with Crippen LogP contribution in [0, 0.1) is 11.7 Å². The summed E-state index contributed by atoms with van der Waals surface area (Å²) >= 11 is 0. The maximum atomic E-state index is 12.9. The Morgan fingerprint density at radius 3 is 2.33 bits per heavy atom. The molecule has 2 aromatic carbocycles. The van der Waals surface area contributed by atoms with E-state index in [1.165, 1.54) is 12.1 Å². The maximum absolute atomic E-state index is 12.9. The van der Waals surface area contributed by atoms with Gasteiger partial charge in [-0.1, -0.05) is 30.3 Å². The van der Waals surface area contributed by atoms with Crippen molar-refractivity contribution in [3.8, 4) is 0 Å². The number of para-hydroxylation sites is 1. The molecule has 1 fully saturated rings. The summed E-state index contributed by atoms with van der Waals surface area (Å²) in [6.07, 6.45) is 2.08. The highest BCUT2D eigenvalue weighted by molar-refractivity contribution is 5.89. The van der Waals surface area contributed by atoms with E-state index in [0.717, 1.165) is 24.1 Å². The molecule has 0 bridgehead atoms. The average molecular weight is 369 g/mol. The number of carbonyl (C=O) groups excluding carboxylic acids is 2. The van der Waals surface area contributed by atoms with Gasteiger partial charge in [-0.3, -0.25) is 4.79 Å². The van der Waals surface area contributed by atoms with Crippen LogP contribution in [0.25, 0.3) is 0 Å². The van der Waals surface area contributed by atoms with Gasteiger partial charge in [0.1, 0.15) is 5.82 Å². The van der Waals surface area contributed by atoms with Gasteiger partial charge >= 0.3 is 6.03 Å². The number of rotatable bonds is 5. The molecule has 27 heavy (non-hydrogen) atoms. The number of nitrogens with zero attached hydrogens (tertiary/aromatic N) is 1. The molecular formula is C21H24FN3O2. The Kier molecular flexibility index (Phi) is 6.41. The molecule has 2 aromatic rings. The molecule has 0 saturated carbocycles. The molecule has 1 aliphatic heterocycles. The predicted molar refractivity (Wildman–Crippen MR) is 103 cm³/mol. The number of likely N-dealkylation sites (tertiary alicyclic amines) is 1. The van der Waals surface area contributed by atoms with Gasteiger partial charge in [0.05, 0.1) is 0 Å². The number of hydrogen-bond acceptors (Lipinski definition) is 2. The molecule has 0 unspecified atom stereocenters. The van der Waals surface area contributed by atoms with Crippen LogP contribution in [0.1, 0.15) is 24.8 Å². The topological polar surface area (TPSA) is 61.4 Å². The van der Waals surface area contributed by atoms with Gasteiger partial charge in [0.2, 0.25) is 5.91 Å². The summed E-state index contributed by atoms with van der Waals surface area (Å²) in [6.45, 7) is 1.70. The van der Waals surface area contributed by atoms with E-state index >= 15 is 0 Å². The van der Waals surface area contributed by atoms with Crippen LogP contribution in [-0.2, 0) is 11.3 Å². The Balaban J connectivity index is 1.38. The van der Waals surface area contributed by atoms with Gasteiger partial charge in [-0.25, -0.2) is 9.18 Å². The van der Waals surface area contributed by atoms with Crippen LogP contribution in [0.3, 0.4) is 0 Å². The highest BCUT2D eigenvalue weighted by Crippen LogP contribution is 2.21. The molecule has 1 saturated heterocycles. The molecule has 0 spiro atoms. The van der Waals surface area contributed by atoms with E-state index in [4.69, 9.17) is 0 Å². The molecule has 142 valence electrons. The molecule has 2 N–H and O–H groups in total. The Labute approximate surface area is 158 Å². The molecule has 0 aliphatic carbocycles.